The molecule has 2 N–H and O–H groups in total. The van der Waals surface area contributed by atoms with E-state index in [0.717, 1.165) is 70.4 Å². The second-order valence-corrected chi connectivity index (χ2v) is 23.5. The van der Waals surface area contributed by atoms with E-state index in [1.165, 1.54) is 62.4 Å². The van der Waals surface area contributed by atoms with Gasteiger partial charge in [0.25, 0.3) is 0 Å². The minimum Gasteiger partial charge on any atom is -0.369 e. The number of aryl methyl sites for hydroxylation is 1. The molecule has 12 nitrogen and oxygen atoms in total. The van der Waals surface area contributed by atoms with Crippen molar-refractivity contribution in [2.75, 3.05) is 86.2 Å². The van der Waals surface area contributed by atoms with Gasteiger partial charge >= 0.3 is 0 Å². The van der Waals surface area contributed by atoms with Crippen molar-refractivity contribution in [3.05, 3.63) is 117 Å². The third kappa shape index (κ3) is 8.55. The van der Waals surface area contributed by atoms with Gasteiger partial charge < -0.3 is 20.4 Å². The zero-order valence-corrected chi connectivity index (χ0v) is 37.9. The molecule has 2 saturated heterocycles. The van der Waals surface area contributed by atoms with Crippen molar-refractivity contribution in [1.29, 1.82) is 0 Å². The van der Waals surface area contributed by atoms with Crippen LogP contribution < -0.4 is 20.4 Å². The van der Waals surface area contributed by atoms with Gasteiger partial charge in [-0.1, -0.05) is 30.3 Å². The number of hydrogen-bond acceptors (Lipinski definition) is 12. The molecule has 4 aliphatic heterocycles. The molecular weight excluding hydrogens is 817 g/mol. The molecule has 6 heterocycles. The summed E-state index contributed by atoms with van der Waals surface area (Å²) in [6, 6.07) is 21.0. The van der Waals surface area contributed by atoms with Crippen molar-refractivity contribution in [3.63, 3.8) is 0 Å². The molecule has 0 amide bonds. The number of nitrogens with zero attached hydrogens (tertiary/aromatic N) is 6. The summed E-state index contributed by atoms with van der Waals surface area (Å²) in [5.41, 5.74) is 14.1. The van der Waals surface area contributed by atoms with Crippen LogP contribution in [0.4, 0.5) is 11.4 Å². The van der Waals surface area contributed by atoms with Crippen LogP contribution in [0.3, 0.4) is 0 Å². The van der Waals surface area contributed by atoms with E-state index in [9.17, 15) is 16.8 Å². The van der Waals surface area contributed by atoms with Gasteiger partial charge in [0.1, 0.15) is 0 Å². The first-order valence-electron chi connectivity index (χ1n) is 22.9. The Labute approximate surface area is 368 Å². The summed E-state index contributed by atoms with van der Waals surface area (Å²) in [4.78, 5) is 19.6. The van der Waals surface area contributed by atoms with Crippen LogP contribution in [0.1, 0.15) is 94.0 Å². The number of anilines is 2. The zero-order valence-electron chi connectivity index (χ0n) is 36.3. The molecule has 0 bridgehead atoms. The van der Waals surface area contributed by atoms with Crippen LogP contribution in [0, 0.1) is 0 Å². The molecule has 0 radical (unpaired) electrons. The van der Waals surface area contributed by atoms with E-state index >= 15 is 0 Å². The molecule has 2 aromatic heterocycles. The minimum atomic E-state index is -3.04. The van der Waals surface area contributed by atoms with Gasteiger partial charge in [-0.3, -0.25) is 19.8 Å². The van der Waals surface area contributed by atoms with E-state index in [1.54, 1.807) is 0 Å². The molecule has 2 fully saturated rings. The second kappa shape index (κ2) is 17.2. The van der Waals surface area contributed by atoms with Crippen LogP contribution in [0.2, 0.25) is 0 Å². The normalized spacial score (nSPS) is 26.7. The fourth-order valence-electron chi connectivity index (χ4n) is 11.6. The maximum absolute atomic E-state index is 12.7. The fraction of sp³-hybridized carbons (Fsp3) is 0.542. The van der Waals surface area contributed by atoms with Gasteiger partial charge in [0.2, 0.25) is 0 Å². The van der Waals surface area contributed by atoms with Crippen LogP contribution in [0.5, 0.6) is 0 Å². The molecule has 0 saturated carbocycles. The monoisotopic (exact) mass is 878 g/mol. The summed E-state index contributed by atoms with van der Waals surface area (Å²) >= 11 is 0. The highest BCUT2D eigenvalue weighted by Gasteiger charge is 2.36. The molecular formula is C48H62N8O4S2. The third-order valence-corrected chi connectivity index (χ3v) is 18.2. The summed E-state index contributed by atoms with van der Waals surface area (Å²) < 4.78 is 49.8. The lowest BCUT2D eigenvalue weighted by Gasteiger charge is -2.40. The number of sulfone groups is 2. The van der Waals surface area contributed by atoms with E-state index in [0.29, 0.717) is 32.2 Å². The van der Waals surface area contributed by atoms with E-state index in [1.807, 2.05) is 12.4 Å². The molecule has 330 valence electrons. The number of aromatic nitrogens is 2. The maximum Gasteiger partial charge on any atom is 0.153 e. The molecule has 62 heavy (non-hydrogen) atoms. The number of fused-ring (bicyclic) bond motifs is 4. The molecule has 2 aromatic carbocycles. The Morgan fingerprint density at radius 3 is 1.92 bits per heavy atom. The summed E-state index contributed by atoms with van der Waals surface area (Å²) in [6.07, 6.45) is 11.1. The van der Waals surface area contributed by atoms with E-state index in [4.69, 9.17) is 9.97 Å². The van der Waals surface area contributed by atoms with Crippen molar-refractivity contribution >= 4 is 31.0 Å². The Morgan fingerprint density at radius 2 is 1.23 bits per heavy atom. The van der Waals surface area contributed by atoms with Crippen molar-refractivity contribution in [2.24, 2.45) is 0 Å². The van der Waals surface area contributed by atoms with Crippen molar-refractivity contribution in [3.8, 4) is 0 Å². The van der Waals surface area contributed by atoms with Gasteiger partial charge in [0, 0.05) is 94.1 Å². The first kappa shape index (κ1) is 42.1. The van der Waals surface area contributed by atoms with Gasteiger partial charge in [-0.25, -0.2) is 16.8 Å². The molecule has 14 heteroatoms. The van der Waals surface area contributed by atoms with Crippen LogP contribution in [-0.2, 0) is 52.0 Å². The number of pyridine rings is 2. The summed E-state index contributed by atoms with van der Waals surface area (Å²) in [7, 11) is -1.50. The topological polar surface area (TPSA) is 131 Å². The average molecular weight is 879 g/mol. The predicted molar refractivity (Wildman–Crippen MR) is 247 cm³/mol. The van der Waals surface area contributed by atoms with Crippen LogP contribution in [0.15, 0.2) is 67.0 Å². The second-order valence-electron chi connectivity index (χ2n) is 18.9. The third-order valence-electron chi connectivity index (χ3n) is 15.0. The Morgan fingerprint density at radius 1 is 0.645 bits per heavy atom. The number of likely N-dealkylation sites (N-methyl/N-ethyl adjacent to an activating group) is 2. The molecule has 1 unspecified atom stereocenters. The number of nitrogens with one attached hydrogen (secondary N) is 2. The molecule has 10 rings (SSSR count). The van der Waals surface area contributed by atoms with E-state index < -0.39 is 19.7 Å². The Bertz CT molecular complexity index is 2510. The van der Waals surface area contributed by atoms with Crippen LogP contribution >= 0.6 is 0 Å². The first-order valence-corrected chi connectivity index (χ1v) is 26.6. The molecule has 4 aromatic rings. The number of hydrogen-bond donors (Lipinski definition) is 2. The van der Waals surface area contributed by atoms with Gasteiger partial charge in [-0.2, -0.15) is 0 Å². The van der Waals surface area contributed by atoms with Gasteiger partial charge in [0.15, 0.2) is 19.7 Å². The summed E-state index contributed by atoms with van der Waals surface area (Å²) in [6.45, 7) is 5.54. The highest BCUT2D eigenvalue weighted by atomic mass is 32.2. The predicted octanol–water partition coefficient (Wildman–Crippen LogP) is 4.58. The fourth-order valence-corrected chi connectivity index (χ4v) is 14.0. The minimum absolute atomic E-state index is 0.184. The highest BCUT2D eigenvalue weighted by molar-refractivity contribution is 7.91. The SMILES string of the molecule is CN(C[C@H]1Cc2c(cc(C3CC[C@H](N(C)C[C@@H]4Cc5c(cccc5N5CCS(=O)(=O)CC5)CN4)c4ncccc43)cc2N2CCS(=O)(=O)CC2)CN1)[C@H]1CCCc2cccnc21. The Kier molecular flexibility index (Phi) is 11.7. The van der Waals surface area contributed by atoms with E-state index in [2.05, 4.69) is 98.9 Å². The Balaban J connectivity index is 0.881. The molecule has 0 spiro atoms. The zero-order chi connectivity index (χ0) is 42.6. The lowest BCUT2D eigenvalue weighted by atomic mass is 9.77. The number of rotatable bonds is 9. The van der Waals surface area contributed by atoms with E-state index in [-0.39, 0.29) is 47.1 Å². The molecule has 2 aliphatic carbocycles. The van der Waals surface area contributed by atoms with Crippen molar-refractivity contribution in [2.45, 2.75) is 88.1 Å². The van der Waals surface area contributed by atoms with Crippen molar-refractivity contribution in [1.82, 2.24) is 30.4 Å². The Hall–Kier alpha value is -3.92. The molecule has 5 atom stereocenters. The number of benzene rings is 2. The summed E-state index contributed by atoms with van der Waals surface area (Å²) in [5, 5.41) is 7.75. The van der Waals surface area contributed by atoms with Crippen LogP contribution in [-0.4, -0.2) is 125 Å². The quantitative estimate of drug-likeness (QED) is 0.244. The largest absolute Gasteiger partial charge is 0.369 e. The van der Waals surface area contributed by atoms with Crippen molar-refractivity contribution < 1.29 is 16.8 Å². The molecule has 6 aliphatic rings. The lowest BCUT2D eigenvalue weighted by molar-refractivity contribution is 0.187. The van der Waals surface area contributed by atoms with Gasteiger partial charge in [0.05, 0.1) is 46.5 Å². The van der Waals surface area contributed by atoms with Crippen LogP contribution in [0.25, 0.3) is 0 Å². The maximum atomic E-state index is 12.7. The van der Waals surface area contributed by atoms with Gasteiger partial charge in [-0.05, 0) is 122 Å². The summed E-state index contributed by atoms with van der Waals surface area (Å²) in [5.74, 6) is 1.02. The standard InChI is InChI=1S/C48H62N8O4S2/c1-53(44-12-3-7-33-9-5-15-49-47(33)44)31-38-28-42-36(30-52-38)25-35(26-46(42)56-19-23-62(59,60)24-20-56)39-13-14-45(48-40(39)10-6-16-50-48)54(2)32-37-27-41-34(29-51-37)8-4-11-43(41)55-17-21-61(57,58)22-18-55/h4-6,8-11,15-16,25-26,37-39,44-45,51-52H,3,7,12-14,17-24,27-32H2,1-2H3/t37-,38+,39?,44-,45-/m0/s1. The first-order chi connectivity index (χ1) is 30.0. The highest BCUT2D eigenvalue weighted by Crippen LogP contribution is 2.45. The smallest absolute Gasteiger partial charge is 0.153 e. The van der Waals surface area contributed by atoms with Gasteiger partial charge in [-0.15, -0.1) is 0 Å². The lowest BCUT2D eigenvalue weighted by Crippen LogP contribution is -2.46. The average Bonchev–Trinajstić information content (AvgIpc) is 3.28.